The lowest BCUT2D eigenvalue weighted by molar-refractivity contribution is 0.0986. The van der Waals surface area contributed by atoms with Gasteiger partial charge in [0.15, 0.2) is 11.6 Å². The molecule has 0 radical (unpaired) electrons. The van der Waals surface area contributed by atoms with Crippen LogP contribution in [0.4, 0.5) is 0 Å². The predicted molar refractivity (Wildman–Crippen MR) is 121 cm³/mol. The summed E-state index contributed by atoms with van der Waals surface area (Å²) in [5.74, 6) is 5.78. The average molecular weight is 409 g/mol. The van der Waals surface area contributed by atoms with Gasteiger partial charge in [0, 0.05) is 34.1 Å². The molecule has 0 unspecified atom stereocenters. The summed E-state index contributed by atoms with van der Waals surface area (Å²) in [4.78, 5) is 29.2. The lowest BCUT2D eigenvalue weighted by Crippen LogP contribution is -2.15. The zero-order valence-corrected chi connectivity index (χ0v) is 17.5. The first kappa shape index (κ1) is 21.7. The maximum Gasteiger partial charge on any atom is 0.170 e. The van der Waals surface area contributed by atoms with E-state index in [9.17, 15) is 9.59 Å². The number of hydrogen-bond donors (Lipinski definition) is 2. The standard InChI is InChI=1S/C26H23N3O2/c1-17-11-20(13-21(12-17)24(30)16-26(27)28)9-8-19-7-6-18(2)23(14-19)25(31)15-22-5-3-4-10-29-22/h3-7,10-14H,15-16H2,1-2H3,(H3,27,28). The number of nitrogens with two attached hydrogens (primary N) is 1. The highest BCUT2D eigenvalue weighted by atomic mass is 16.1. The second kappa shape index (κ2) is 9.64. The van der Waals surface area contributed by atoms with Gasteiger partial charge in [-0.15, -0.1) is 0 Å². The molecule has 0 aliphatic heterocycles. The molecule has 0 aliphatic rings. The Labute approximate surface area is 181 Å². The van der Waals surface area contributed by atoms with E-state index in [-0.39, 0.29) is 30.2 Å². The van der Waals surface area contributed by atoms with E-state index in [1.54, 1.807) is 24.4 Å². The van der Waals surface area contributed by atoms with Gasteiger partial charge in [0.1, 0.15) is 0 Å². The van der Waals surface area contributed by atoms with Crippen LogP contribution < -0.4 is 5.73 Å². The Morgan fingerprint density at radius 1 is 0.968 bits per heavy atom. The third-order valence-electron chi connectivity index (χ3n) is 4.71. The summed E-state index contributed by atoms with van der Waals surface area (Å²) in [5.41, 5.74) is 10.4. The molecular weight excluding hydrogens is 386 g/mol. The van der Waals surface area contributed by atoms with E-state index in [2.05, 4.69) is 16.8 Å². The van der Waals surface area contributed by atoms with E-state index in [0.29, 0.717) is 22.3 Å². The molecule has 3 aromatic rings. The van der Waals surface area contributed by atoms with Gasteiger partial charge in [0.05, 0.1) is 18.7 Å². The number of ketones is 2. The molecule has 5 heteroatoms. The van der Waals surface area contributed by atoms with Crippen LogP contribution in [0, 0.1) is 31.1 Å². The summed E-state index contributed by atoms with van der Waals surface area (Å²) in [7, 11) is 0. The number of nitrogens with one attached hydrogen (secondary N) is 1. The fourth-order valence-electron chi connectivity index (χ4n) is 3.20. The fourth-order valence-corrected chi connectivity index (χ4v) is 3.20. The molecule has 0 saturated carbocycles. The van der Waals surface area contributed by atoms with Crippen LogP contribution in [-0.4, -0.2) is 22.4 Å². The molecule has 31 heavy (non-hydrogen) atoms. The van der Waals surface area contributed by atoms with Crippen LogP contribution >= 0.6 is 0 Å². The number of carbonyl (C=O) groups is 2. The minimum atomic E-state index is -0.211. The molecule has 0 fully saturated rings. The third-order valence-corrected chi connectivity index (χ3v) is 4.71. The molecule has 0 saturated heterocycles. The zero-order valence-electron chi connectivity index (χ0n) is 17.5. The van der Waals surface area contributed by atoms with E-state index < -0.39 is 0 Å². The molecular formula is C26H23N3O2. The number of nitrogens with zero attached hydrogens (tertiary/aromatic N) is 1. The van der Waals surface area contributed by atoms with Crippen molar-refractivity contribution in [3.05, 3.63) is 99.9 Å². The van der Waals surface area contributed by atoms with Gasteiger partial charge in [-0.1, -0.05) is 24.0 Å². The molecule has 3 rings (SSSR count). The van der Waals surface area contributed by atoms with Crippen molar-refractivity contribution in [1.29, 1.82) is 5.41 Å². The van der Waals surface area contributed by atoms with E-state index in [1.807, 2.05) is 50.2 Å². The maximum atomic E-state index is 12.8. The van der Waals surface area contributed by atoms with E-state index in [1.165, 1.54) is 0 Å². The molecule has 154 valence electrons. The number of aromatic nitrogens is 1. The number of amidine groups is 1. The van der Waals surface area contributed by atoms with Gasteiger partial charge in [-0.2, -0.15) is 0 Å². The first-order valence-electron chi connectivity index (χ1n) is 9.85. The summed E-state index contributed by atoms with van der Waals surface area (Å²) < 4.78 is 0. The lowest BCUT2D eigenvalue weighted by atomic mass is 9.98. The minimum Gasteiger partial charge on any atom is -0.387 e. The quantitative estimate of drug-likeness (QED) is 0.278. The highest BCUT2D eigenvalue weighted by Gasteiger charge is 2.12. The van der Waals surface area contributed by atoms with E-state index in [4.69, 9.17) is 11.1 Å². The maximum absolute atomic E-state index is 12.8. The van der Waals surface area contributed by atoms with Crippen molar-refractivity contribution in [2.24, 2.45) is 5.73 Å². The number of rotatable bonds is 6. The number of aryl methyl sites for hydroxylation is 2. The Kier molecular flexibility index (Phi) is 6.74. The Morgan fingerprint density at radius 3 is 2.45 bits per heavy atom. The predicted octanol–water partition coefficient (Wildman–Crippen LogP) is 4.03. The van der Waals surface area contributed by atoms with Crippen LogP contribution in [0.1, 0.15) is 55.1 Å². The average Bonchev–Trinajstić information content (AvgIpc) is 2.73. The summed E-state index contributed by atoms with van der Waals surface area (Å²) in [6.07, 6.45) is 1.79. The van der Waals surface area contributed by atoms with Crippen molar-refractivity contribution in [2.75, 3.05) is 0 Å². The van der Waals surface area contributed by atoms with Crippen molar-refractivity contribution in [2.45, 2.75) is 26.7 Å². The number of benzene rings is 2. The van der Waals surface area contributed by atoms with Crippen LogP contribution in [0.15, 0.2) is 60.8 Å². The molecule has 0 aliphatic carbocycles. The van der Waals surface area contributed by atoms with Crippen molar-refractivity contribution < 1.29 is 9.59 Å². The van der Waals surface area contributed by atoms with Crippen LogP contribution in [-0.2, 0) is 6.42 Å². The van der Waals surface area contributed by atoms with Crippen molar-refractivity contribution in [3.8, 4) is 11.8 Å². The number of pyridine rings is 1. The van der Waals surface area contributed by atoms with Crippen LogP contribution in [0.3, 0.4) is 0 Å². The summed E-state index contributed by atoms with van der Waals surface area (Å²) in [6.45, 7) is 3.78. The summed E-state index contributed by atoms with van der Waals surface area (Å²) in [6, 6.07) is 16.4. The van der Waals surface area contributed by atoms with Gasteiger partial charge in [0.2, 0.25) is 0 Å². The Hall–Kier alpha value is -4.04. The van der Waals surface area contributed by atoms with Crippen LogP contribution in [0.25, 0.3) is 0 Å². The Morgan fingerprint density at radius 2 is 1.74 bits per heavy atom. The largest absolute Gasteiger partial charge is 0.387 e. The monoisotopic (exact) mass is 409 g/mol. The van der Waals surface area contributed by atoms with Gasteiger partial charge in [-0.3, -0.25) is 20.0 Å². The Balaban J connectivity index is 1.85. The van der Waals surface area contributed by atoms with Crippen LogP contribution in [0.5, 0.6) is 0 Å². The molecule has 3 N–H and O–H groups in total. The van der Waals surface area contributed by atoms with E-state index >= 15 is 0 Å². The number of hydrogen-bond acceptors (Lipinski definition) is 4. The smallest absolute Gasteiger partial charge is 0.170 e. The van der Waals surface area contributed by atoms with Gasteiger partial charge < -0.3 is 5.73 Å². The minimum absolute atomic E-state index is 0.00692. The second-order valence-corrected chi connectivity index (χ2v) is 7.41. The highest BCUT2D eigenvalue weighted by Crippen LogP contribution is 2.15. The van der Waals surface area contributed by atoms with Crippen LogP contribution in [0.2, 0.25) is 0 Å². The molecule has 0 atom stereocenters. The van der Waals surface area contributed by atoms with Gasteiger partial charge in [-0.25, -0.2) is 0 Å². The molecule has 1 heterocycles. The van der Waals surface area contributed by atoms with Gasteiger partial charge in [0.25, 0.3) is 0 Å². The lowest BCUT2D eigenvalue weighted by Gasteiger charge is -2.06. The highest BCUT2D eigenvalue weighted by molar-refractivity contribution is 6.07. The number of Topliss-reactive ketones (excluding diaryl/α,β-unsaturated/α-hetero) is 2. The molecule has 0 amide bonds. The van der Waals surface area contributed by atoms with Gasteiger partial charge in [-0.05, 0) is 67.4 Å². The van der Waals surface area contributed by atoms with Crippen molar-refractivity contribution in [3.63, 3.8) is 0 Å². The van der Waals surface area contributed by atoms with Gasteiger partial charge >= 0.3 is 0 Å². The zero-order chi connectivity index (χ0) is 22.4. The molecule has 5 nitrogen and oxygen atoms in total. The summed E-state index contributed by atoms with van der Waals surface area (Å²) in [5, 5.41) is 7.32. The normalized spacial score (nSPS) is 10.1. The first-order valence-corrected chi connectivity index (χ1v) is 9.85. The van der Waals surface area contributed by atoms with E-state index in [0.717, 1.165) is 16.8 Å². The Bertz CT molecular complexity index is 1220. The molecule has 0 bridgehead atoms. The number of carbonyl (C=O) groups excluding carboxylic acids is 2. The first-order chi connectivity index (χ1) is 14.8. The summed E-state index contributed by atoms with van der Waals surface area (Å²) >= 11 is 0. The van der Waals surface area contributed by atoms with Crippen molar-refractivity contribution >= 4 is 17.4 Å². The second-order valence-electron chi connectivity index (χ2n) is 7.41. The third kappa shape index (κ3) is 5.97. The molecule has 0 spiro atoms. The molecule has 2 aromatic carbocycles. The SMILES string of the molecule is Cc1cc(C#Cc2ccc(C)c(C(=O)Cc3ccccn3)c2)cc(C(=O)CC(=N)N)c1. The topological polar surface area (TPSA) is 96.9 Å². The molecule has 1 aromatic heterocycles. The fraction of sp³-hybridized carbons (Fsp3) is 0.154. The van der Waals surface area contributed by atoms with Crippen molar-refractivity contribution in [1.82, 2.24) is 4.98 Å².